The molecule has 2 aromatic carbocycles. The Balaban J connectivity index is 1.75. The largest absolute Gasteiger partial charge is 0.409 e. The monoisotopic (exact) mass is 484 g/mol. The molecule has 3 aromatic heterocycles. The predicted octanol–water partition coefficient (Wildman–Crippen LogP) is 5.81. The van der Waals surface area contributed by atoms with Gasteiger partial charge in [0.15, 0.2) is 11.2 Å². The van der Waals surface area contributed by atoms with Crippen molar-refractivity contribution >= 4 is 39.6 Å². The van der Waals surface area contributed by atoms with E-state index >= 15 is 0 Å². The standard InChI is InChI=1S/C27H21ClN4O3/c1-27(2,3)26(34)35-20-14-19(33)24-25(30-20)32-22(15-8-5-4-6-9-15)23(31-24)17-12-16-10-7-11-29-21(16)18(28)13-17/h4-14H,1-3H3,(H,30,32,33). The normalized spacial score (nSPS) is 11.7. The van der Waals surface area contributed by atoms with Crippen LogP contribution in [-0.4, -0.2) is 25.9 Å². The molecule has 3 heterocycles. The second-order valence-corrected chi connectivity index (χ2v) is 9.56. The van der Waals surface area contributed by atoms with Crippen LogP contribution < -0.4 is 10.2 Å². The van der Waals surface area contributed by atoms with Crippen molar-refractivity contribution in [2.24, 2.45) is 5.41 Å². The zero-order valence-electron chi connectivity index (χ0n) is 19.3. The van der Waals surface area contributed by atoms with E-state index in [1.165, 1.54) is 6.07 Å². The third kappa shape index (κ3) is 4.38. The molecular formula is C27H21ClN4O3. The highest BCUT2D eigenvalue weighted by Gasteiger charge is 2.25. The van der Waals surface area contributed by atoms with E-state index < -0.39 is 16.8 Å². The topological polar surface area (TPSA) is 97.8 Å². The summed E-state index contributed by atoms with van der Waals surface area (Å²) in [5.74, 6) is -0.455. The first-order valence-corrected chi connectivity index (χ1v) is 11.4. The summed E-state index contributed by atoms with van der Waals surface area (Å²) in [6, 6.07) is 18.2. The van der Waals surface area contributed by atoms with Gasteiger partial charge in [0.2, 0.25) is 11.3 Å². The smallest absolute Gasteiger partial charge is 0.317 e. The van der Waals surface area contributed by atoms with Gasteiger partial charge in [-0.15, -0.1) is 0 Å². The SMILES string of the molecule is CC(C)(C)C(=O)Oc1cc(=O)c2nc(-c3cc(Cl)c4ncccc4c3)c(-c3ccccc3)nc2[nH]1. The van der Waals surface area contributed by atoms with Crippen LogP contribution >= 0.6 is 11.6 Å². The Morgan fingerprint density at radius 2 is 1.66 bits per heavy atom. The van der Waals surface area contributed by atoms with Crippen LogP contribution in [0.1, 0.15) is 20.8 Å². The van der Waals surface area contributed by atoms with Crippen LogP contribution in [0.15, 0.2) is 71.7 Å². The molecule has 5 rings (SSSR count). The van der Waals surface area contributed by atoms with Gasteiger partial charge >= 0.3 is 5.97 Å². The lowest BCUT2D eigenvalue weighted by atomic mass is 9.97. The number of benzene rings is 2. The molecule has 0 aliphatic rings. The highest BCUT2D eigenvalue weighted by molar-refractivity contribution is 6.35. The fourth-order valence-corrected chi connectivity index (χ4v) is 3.90. The molecule has 5 aromatic rings. The Morgan fingerprint density at radius 3 is 2.40 bits per heavy atom. The molecule has 1 N–H and O–H groups in total. The lowest BCUT2D eigenvalue weighted by Gasteiger charge is -2.16. The number of hydrogen-bond acceptors (Lipinski definition) is 6. The van der Waals surface area contributed by atoms with Gasteiger partial charge in [-0.25, -0.2) is 9.97 Å². The number of halogens is 1. The molecular weight excluding hydrogens is 464 g/mol. The van der Waals surface area contributed by atoms with Crippen molar-refractivity contribution in [2.75, 3.05) is 0 Å². The van der Waals surface area contributed by atoms with Crippen LogP contribution in [0, 0.1) is 5.41 Å². The van der Waals surface area contributed by atoms with Crippen LogP contribution in [0.3, 0.4) is 0 Å². The number of H-pyrrole nitrogens is 1. The molecule has 0 atom stereocenters. The molecule has 0 saturated heterocycles. The summed E-state index contributed by atoms with van der Waals surface area (Å²) in [7, 11) is 0. The van der Waals surface area contributed by atoms with Crippen molar-refractivity contribution in [3.63, 3.8) is 0 Å². The molecule has 0 unspecified atom stereocenters. The van der Waals surface area contributed by atoms with Crippen LogP contribution in [0.5, 0.6) is 5.88 Å². The molecule has 35 heavy (non-hydrogen) atoms. The van der Waals surface area contributed by atoms with Crippen LogP contribution in [-0.2, 0) is 4.79 Å². The summed E-state index contributed by atoms with van der Waals surface area (Å²) in [5, 5.41) is 1.31. The predicted molar refractivity (Wildman–Crippen MR) is 136 cm³/mol. The minimum atomic E-state index is -0.735. The fourth-order valence-electron chi connectivity index (χ4n) is 3.63. The van der Waals surface area contributed by atoms with Crippen molar-refractivity contribution in [3.05, 3.63) is 82.1 Å². The van der Waals surface area contributed by atoms with E-state index in [1.807, 2.05) is 48.5 Å². The summed E-state index contributed by atoms with van der Waals surface area (Å²) in [4.78, 5) is 42.1. The van der Waals surface area contributed by atoms with Crippen molar-refractivity contribution < 1.29 is 9.53 Å². The van der Waals surface area contributed by atoms with Gasteiger partial charge in [-0.1, -0.05) is 48.0 Å². The maximum absolute atomic E-state index is 13.0. The summed E-state index contributed by atoms with van der Waals surface area (Å²) < 4.78 is 5.41. The number of hydrogen-bond donors (Lipinski definition) is 1. The number of aromatic amines is 1. The summed E-state index contributed by atoms with van der Waals surface area (Å²) in [6.07, 6.45) is 1.68. The van der Waals surface area contributed by atoms with E-state index in [4.69, 9.17) is 26.3 Å². The zero-order chi connectivity index (χ0) is 24.7. The van der Waals surface area contributed by atoms with Gasteiger partial charge in [0.25, 0.3) is 0 Å². The number of ether oxygens (including phenoxy) is 1. The highest BCUT2D eigenvalue weighted by Crippen LogP contribution is 2.34. The van der Waals surface area contributed by atoms with E-state index in [1.54, 1.807) is 33.0 Å². The van der Waals surface area contributed by atoms with Crippen molar-refractivity contribution in [1.29, 1.82) is 0 Å². The third-order valence-corrected chi connectivity index (χ3v) is 5.72. The van der Waals surface area contributed by atoms with Gasteiger partial charge in [-0.05, 0) is 39.0 Å². The average molecular weight is 485 g/mol. The first-order chi connectivity index (χ1) is 16.7. The highest BCUT2D eigenvalue weighted by atomic mass is 35.5. The van der Waals surface area contributed by atoms with Gasteiger partial charge in [0.1, 0.15) is 0 Å². The number of pyridine rings is 2. The third-order valence-electron chi connectivity index (χ3n) is 5.43. The zero-order valence-corrected chi connectivity index (χ0v) is 20.1. The van der Waals surface area contributed by atoms with Crippen molar-refractivity contribution in [3.8, 4) is 28.4 Å². The Hall–Kier alpha value is -4.10. The molecule has 0 saturated carbocycles. The van der Waals surface area contributed by atoms with E-state index in [9.17, 15) is 9.59 Å². The number of carbonyl (C=O) groups is 1. The lowest BCUT2D eigenvalue weighted by molar-refractivity contribution is -0.143. The number of nitrogens with zero attached hydrogens (tertiary/aromatic N) is 3. The second kappa shape index (κ2) is 8.60. The molecule has 0 spiro atoms. The Kier molecular flexibility index (Phi) is 5.57. The number of fused-ring (bicyclic) bond motifs is 2. The molecule has 8 heteroatoms. The molecule has 0 radical (unpaired) electrons. The minimum absolute atomic E-state index is 0.0170. The second-order valence-electron chi connectivity index (χ2n) is 9.15. The number of nitrogens with one attached hydrogen (secondary N) is 1. The first kappa shape index (κ1) is 22.7. The molecule has 7 nitrogen and oxygen atoms in total. The van der Waals surface area contributed by atoms with Crippen molar-refractivity contribution in [1.82, 2.24) is 19.9 Å². The summed E-state index contributed by atoms with van der Waals surface area (Å²) in [5.41, 5.74) is 2.41. The number of carbonyl (C=O) groups excluding carboxylic acids is 1. The average Bonchev–Trinajstić information content (AvgIpc) is 2.83. The van der Waals surface area contributed by atoms with Crippen LogP contribution in [0.4, 0.5) is 0 Å². The van der Waals surface area contributed by atoms with Gasteiger partial charge < -0.3 is 9.72 Å². The molecule has 0 aliphatic carbocycles. The minimum Gasteiger partial charge on any atom is -0.409 e. The van der Waals surface area contributed by atoms with Gasteiger partial charge in [-0.3, -0.25) is 14.6 Å². The maximum Gasteiger partial charge on any atom is 0.317 e. The fraction of sp³-hybridized carbons (Fsp3) is 0.148. The lowest BCUT2D eigenvalue weighted by Crippen LogP contribution is -2.26. The Labute approximate surface area is 205 Å². The molecule has 0 amide bonds. The Morgan fingerprint density at radius 1 is 0.914 bits per heavy atom. The van der Waals surface area contributed by atoms with E-state index in [2.05, 4.69) is 9.97 Å². The quantitative estimate of drug-likeness (QED) is 0.325. The van der Waals surface area contributed by atoms with Crippen LogP contribution in [0.25, 0.3) is 44.6 Å². The summed E-state index contributed by atoms with van der Waals surface area (Å²) >= 11 is 6.54. The number of esters is 1. The molecule has 0 bridgehead atoms. The summed E-state index contributed by atoms with van der Waals surface area (Å²) in [6.45, 7) is 5.20. The Bertz CT molecular complexity index is 1660. The number of aromatic nitrogens is 4. The van der Waals surface area contributed by atoms with E-state index in [0.717, 1.165) is 10.9 Å². The maximum atomic E-state index is 13.0. The van der Waals surface area contributed by atoms with E-state index in [0.29, 0.717) is 27.5 Å². The van der Waals surface area contributed by atoms with E-state index in [-0.39, 0.29) is 17.0 Å². The molecule has 0 fully saturated rings. The van der Waals surface area contributed by atoms with Crippen molar-refractivity contribution in [2.45, 2.75) is 20.8 Å². The first-order valence-electron chi connectivity index (χ1n) is 11.0. The molecule has 0 aliphatic heterocycles. The van der Waals surface area contributed by atoms with Crippen LogP contribution in [0.2, 0.25) is 5.02 Å². The number of rotatable bonds is 3. The molecule has 174 valence electrons. The van der Waals surface area contributed by atoms with Gasteiger partial charge in [-0.2, -0.15) is 0 Å². The van der Waals surface area contributed by atoms with Gasteiger partial charge in [0.05, 0.1) is 27.3 Å². The van der Waals surface area contributed by atoms with Gasteiger partial charge in [0, 0.05) is 28.8 Å².